The van der Waals surface area contributed by atoms with Gasteiger partial charge < -0.3 is 5.32 Å². The van der Waals surface area contributed by atoms with E-state index in [4.69, 9.17) is 0 Å². The first-order chi connectivity index (χ1) is 9.54. The molecule has 0 saturated heterocycles. The second kappa shape index (κ2) is 4.93. The summed E-state index contributed by atoms with van der Waals surface area (Å²) in [6.45, 7) is 4.70. The smallest absolute Gasteiger partial charge is 0.274 e. The molecule has 0 aliphatic heterocycles. The van der Waals surface area contributed by atoms with Crippen LogP contribution in [0.4, 0.5) is 11.4 Å². The fraction of sp³-hybridized carbons (Fsp3) is 0.500. The van der Waals surface area contributed by atoms with Crippen molar-refractivity contribution in [2.45, 2.75) is 26.7 Å². The second-order valence-corrected chi connectivity index (χ2v) is 6.13. The van der Waals surface area contributed by atoms with Gasteiger partial charge in [0, 0.05) is 23.9 Å². The normalized spacial score (nSPS) is 27.0. The highest BCUT2D eigenvalue weighted by atomic mass is 16.6. The summed E-state index contributed by atoms with van der Waals surface area (Å²) in [4.78, 5) is 10.7. The van der Waals surface area contributed by atoms with Crippen LogP contribution in [0.25, 0.3) is 0 Å². The summed E-state index contributed by atoms with van der Waals surface area (Å²) >= 11 is 0. The van der Waals surface area contributed by atoms with Crippen LogP contribution < -0.4 is 5.32 Å². The monoisotopic (exact) mass is 272 g/mol. The molecule has 4 nitrogen and oxygen atoms in total. The summed E-state index contributed by atoms with van der Waals surface area (Å²) < 4.78 is 0. The molecule has 0 heterocycles. The van der Waals surface area contributed by atoms with E-state index >= 15 is 0 Å². The zero-order chi connectivity index (χ0) is 14.3. The van der Waals surface area contributed by atoms with Crippen molar-refractivity contribution in [1.82, 2.24) is 0 Å². The maximum atomic E-state index is 11.0. The van der Waals surface area contributed by atoms with E-state index in [0.29, 0.717) is 11.8 Å². The topological polar surface area (TPSA) is 55.2 Å². The molecule has 20 heavy (non-hydrogen) atoms. The van der Waals surface area contributed by atoms with Crippen LogP contribution >= 0.6 is 0 Å². The van der Waals surface area contributed by atoms with Gasteiger partial charge in [-0.1, -0.05) is 12.2 Å². The molecule has 1 fully saturated rings. The summed E-state index contributed by atoms with van der Waals surface area (Å²) in [7, 11) is 0. The molecule has 3 atom stereocenters. The molecule has 2 aliphatic carbocycles. The predicted molar refractivity (Wildman–Crippen MR) is 79.9 cm³/mol. The van der Waals surface area contributed by atoms with E-state index in [1.165, 1.54) is 12.8 Å². The number of nitrogens with one attached hydrogen (secondary N) is 1. The molecule has 4 heteroatoms. The number of nitro benzene ring substituents is 1. The highest BCUT2D eigenvalue weighted by Crippen LogP contribution is 2.43. The van der Waals surface area contributed by atoms with Crippen LogP contribution in [0.15, 0.2) is 24.3 Å². The lowest BCUT2D eigenvalue weighted by Gasteiger charge is -2.20. The number of rotatable bonds is 4. The van der Waals surface area contributed by atoms with Crippen molar-refractivity contribution in [3.8, 4) is 0 Å². The highest BCUT2D eigenvalue weighted by Gasteiger charge is 2.35. The molecule has 106 valence electrons. The minimum atomic E-state index is -0.305. The van der Waals surface area contributed by atoms with Crippen molar-refractivity contribution in [1.29, 1.82) is 0 Å². The third kappa shape index (κ3) is 2.30. The van der Waals surface area contributed by atoms with Crippen molar-refractivity contribution >= 4 is 11.4 Å². The van der Waals surface area contributed by atoms with Crippen LogP contribution in [-0.2, 0) is 0 Å². The van der Waals surface area contributed by atoms with Crippen molar-refractivity contribution in [3.05, 3.63) is 45.5 Å². The SMILES string of the molecule is Cc1cc(C)c([N+](=O)[O-])cc1NCC1CC2C=CC1C2. The van der Waals surface area contributed by atoms with Crippen molar-refractivity contribution in [2.75, 3.05) is 11.9 Å². The number of aryl methyl sites for hydroxylation is 2. The molecule has 2 aliphatic rings. The lowest BCUT2D eigenvalue weighted by molar-refractivity contribution is -0.385. The van der Waals surface area contributed by atoms with Gasteiger partial charge in [-0.2, -0.15) is 0 Å². The molecule has 1 aromatic carbocycles. The average molecular weight is 272 g/mol. The van der Waals surface area contributed by atoms with Crippen LogP contribution in [0.5, 0.6) is 0 Å². The standard InChI is InChI=1S/C16H20N2O2/c1-10-5-11(2)16(18(19)20)8-15(10)17-9-14-7-12-3-4-13(14)6-12/h3-5,8,12-14,17H,6-7,9H2,1-2H3. The summed E-state index contributed by atoms with van der Waals surface area (Å²) in [6, 6.07) is 3.56. The van der Waals surface area contributed by atoms with E-state index in [9.17, 15) is 10.1 Å². The first kappa shape index (κ1) is 13.2. The highest BCUT2D eigenvalue weighted by molar-refractivity contribution is 5.60. The molecule has 2 bridgehead atoms. The fourth-order valence-corrected chi connectivity index (χ4v) is 3.60. The predicted octanol–water partition coefficient (Wildman–Crippen LogP) is 3.84. The quantitative estimate of drug-likeness (QED) is 0.515. The van der Waals surface area contributed by atoms with E-state index in [1.807, 2.05) is 13.0 Å². The van der Waals surface area contributed by atoms with Crippen molar-refractivity contribution in [2.24, 2.45) is 17.8 Å². The van der Waals surface area contributed by atoms with Gasteiger partial charge in [0.05, 0.1) is 4.92 Å². The summed E-state index contributed by atoms with van der Waals surface area (Å²) in [5.74, 6) is 2.14. The van der Waals surface area contributed by atoms with Crippen LogP contribution in [-0.4, -0.2) is 11.5 Å². The number of anilines is 1. The minimum Gasteiger partial charge on any atom is -0.384 e. The van der Waals surface area contributed by atoms with Gasteiger partial charge in [0.2, 0.25) is 0 Å². The van der Waals surface area contributed by atoms with Gasteiger partial charge in [-0.3, -0.25) is 10.1 Å². The third-order valence-corrected chi connectivity index (χ3v) is 4.71. The number of hydrogen-bond acceptors (Lipinski definition) is 3. The molecule has 1 N–H and O–H groups in total. The number of fused-ring (bicyclic) bond motifs is 2. The van der Waals surface area contributed by atoms with Gasteiger partial charge in [-0.15, -0.1) is 0 Å². The maximum Gasteiger partial charge on any atom is 0.274 e. The summed E-state index contributed by atoms with van der Waals surface area (Å²) in [5, 5.41) is 14.4. The van der Waals surface area contributed by atoms with Crippen LogP contribution in [0.3, 0.4) is 0 Å². The Morgan fingerprint density at radius 2 is 2.05 bits per heavy atom. The Morgan fingerprint density at radius 1 is 1.25 bits per heavy atom. The van der Waals surface area contributed by atoms with Gasteiger partial charge >= 0.3 is 0 Å². The molecule has 0 radical (unpaired) electrons. The number of allylic oxidation sites excluding steroid dienone is 2. The molecule has 3 unspecified atom stereocenters. The first-order valence-corrected chi connectivity index (χ1v) is 7.22. The number of nitro groups is 1. The molecule has 0 spiro atoms. The molecule has 3 rings (SSSR count). The van der Waals surface area contributed by atoms with E-state index in [-0.39, 0.29) is 10.6 Å². The molecule has 0 aromatic heterocycles. The average Bonchev–Trinajstić information content (AvgIpc) is 2.99. The summed E-state index contributed by atoms with van der Waals surface area (Å²) in [6.07, 6.45) is 7.22. The van der Waals surface area contributed by atoms with Gasteiger partial charge in [-0.25, -0.2) is 0 Å². The lowest BCUT2D eigenvalue weighted by Crippen LogP contribution is -2.18. The van der Waals surface area contributed by atoms with Crippen molar-refractivity contribution < 1.29 is 4.92 Å². The maximum absolute atomic E-state index is 11.0. The van der Waals surface area contributed by atoms with Gasteiger partial charge in [0.25, 0.3) is 5.69 Å². The van der Waals surface area contributed by atoms with E-state index in [0.717, 1.165) is 29.3 Å². The Bertz CT molecular complexity index is 580. The Kier molecular flexibility index (Phi) is 3.24. The minimum absolute atomic E-state index is 0.200. The Hall–Kier alpha value is -1.84. The zero-order valence-corrected chi connectivity index (χ0v) is 11.9. The van der Waals surface area contributed by atoms with Gasteiger partial charge in [-0.05, 0) is 56.1 Å². The van der Waals surface area contributed by atoms with Gasteiger partial charge in [0.1, 0.15) is 0 Å². The van der Waals surface area contributed by atoms with E-state index < -0.39 is 0 Å². The first-order valence-electron chi connectivity index (χ1n) is 7.22. The Balaban J connectivity index is 1.72. The second-order valence-electron chi connectivity index (χ2n) is 6.13. The van der Waals surface area contributed by atoms with Crippen LogP contribution in [0.2, 0.25) is 0 Å². The fourth-order valence-electron chi connectivity index (χ4n) is 3.60. The molecule has 1 aromatic rings. The van der Waals surface area contributed by atoms with Crippen LogP contribution in [0, 0.1) is 41.7 Å². The number of nitrogens with zero attached hydrogens (tertiary/aromatic N) is 1. The molecular formula is C16H20N2O2. The molecule has 0 amide bonds. The number of benzene rings is 1. The van der Waals surface area contributed by atoms with Crippen LogP contribution in [0.1, 0.15) is 24.0 Å². The Morgan fingerprint density at radius 3 is 2.65 bits per heavy atom. The third-order valence-electron chi connectivity index (χ3n) is 4.71. The van der Waals surface area contributed by atoms with Crippen molar-refractivity contribution in [3.63, 3.8) is 0 Å². The molecular weight excluding hydrogens is 252 g/mol. The van der Waals surface area contributed by atoms with E-state index in [1.54, 1.807) is 13.0 Å². The Labute approximate surface area is 119 Å². The van der Waals surface area contributed by atoms with Gasteiger partial charge in [0.15, 0.2) is 0 Å². The number of hydrogen-bond donors (Lipinski definition) is 1. The lowest BCUT2D eigenvalue weighted by atomic mass is 9.93. The molecule has 1 saturated carbocycles. The largest absolute Gasteiger partial charge is 0.384 e. The summed E-state index contributed by atoms with van der Waals surface area (Å²) in [5.41, 5.74) is 2.90. The van der Waals surface area contributed by atoms with E-state index in [2.05, 4.69) is 17.5 Å². The zero-order valence-electron chi connectivity index (χ0n) is 11.9.